The maximum absolute atomic E-state index is 12.2. The summed E-state index contributed by atoms with van der Waals surface area (Å²) in [6.07, 6.45) is 2.06. The van der Waals surface area contributed by atoms with Crippen LogP contribution in [0.1, 0.15) is 12.8 Å². The summed E-state index contributed by atoms with van der Waals surface area (Å²) in [6.45, 7) is 2.27. The predicted molar refractivity (Wildman–Crippen MR) is 60.6 cm³/mol. The minimum absolute atomic E-state index is 0.261. The Morgan fingerprint density at radius 3 is 2.24 bits per heavy atom. The molecule has 3 rings (SSSR count). The van der Waals surface area contributed by atoms with E-state index in [1.165, 1.54) is 8.61 Å². The molecular formula is C10H18N2O4S. The van der Waals surface area contributed by atoms with Gasteiger partial charge in [0.05, 0.1) is 18.8 Å². The molecule has 1 saturated carbocycles. The van der Waals surface area contributed by atoms with Crippen LogP contribution in [-0.4, -0.2) is 67.1 Å². The van der Waals surface area contributed by atoms with Crippen molar-refractivity contribution in [2.24, 2.45) is 5.92 Å². The van der Waals surface area contributed by atoms with E-state index < -0.39 is 15.8 Å². The first-order chi connectivity index (χ1) is 8.02. The number of nitrogens with zero attached hydrogens (tertiary/aromatic N) is 2. The fourth-order valence-electron chi connectivity index (χ4n) is 2.55. The fourth-order valence-corrected chi connectivity index (χ4v) is 4.26. The lowest BCUT2D eigenvalue weighted by Gasteiger charge is -2.47. The number of β-amino-alcohol motifs (C(OH)–C–C–N with tert-alkyl or cyclic N) is 1. The van der Waals surface area contributed by atoms with Crippen molar-refractivity contribution in [3.05, 3.63) is 0 Å². The van der Waals surface area contributed by atoms with Crippen molar-refractivity contribution in [2.75, 3.05) is 39.4 Å². The Balaban J connectivity index is 1.64. The molecule has 0 aromatic carbocycles. The van der Waals surface area contributed by atoms with Gasteiger partial charge in [0.2, 0.25) is 0 Å². The van der Waals surface area contributed by atoms with Gasteiger partial charge in [-0.25, -0.2) is 0 Å². The summed E-state index contributed by atoms with van der Waals surface area (Å²) in [4.78, 5) is 0. The van der Waals surface area contributed by atoms with Crippen molar-refractivity contribution in [2.45, 2.75) is 18.4 Å². The second kappa shape index (κ2) is 3.89. The molecule has 17 heavy (non-hydrogen) atoms. The molecule has 1 N–H and O–H groups in total. The molecule has 1 aliphatic carbocycles. The van der Waals surface area contributed by atoms with Gasteiger partial charge in [0, 0.05) is 26.2 Å². The zero-order valence-corrected chi connectivity index (χ0v) is 10.5. The molecule has 2 heterocycles. The van der Waals surface area contributed by atoms with Crippen molar-refractivity contribution in [3.8, 4) is 0 Å². The second-order valence-corrected chi connectivity index (χ2v) is 7.09. The Kier molecular flexibility index (Phi) is 2.71. The molecule has 0 aromatic rings. The van der Waals surface area contributed by atoms with Crippen molar-refractivity contribution < 1.29 is 18.3 Å². The monoisotopic (exact) mass is 262 g/mol. The molecule has 0 atom stereocenters. The Labute approximate surface area is 101 Å². The number of hydrogen-bond acceptors (Lipinski definition) is 4. The van der Waals surface area contributed by atoms with Crippen molar-refractivity contribution in [1.29, 1.82) is 0 Å². The number of aliphatic hydroxyl groups is 1. The Hall–Kier alpha value is -0.210. The highest BCUT2D eigenvalue weighted by atomic mass is 32.2. The molecule has 2 aliphatic heterocycles. The van der Waals surface area contributed by atoms with E-state index in [2.05, 4.69) is 0 Å². The van der Waals surface area contributed by atoms with Crippen LogP contribution in [0.2, 0.25) is 0 Å². The quantitative estimate of drug-likeness (QED) is 0.710. The highest BCUT2D eigenvalue weighted by Gasteiger charge is 2.56. The van der Waals surface area contributed by atoms with Crippen LogP contribution in [0.5, 0.6) is 0 Å². The average Bonchev–Trinajstić information content (AvgIpc) is 3.10. The summed E-state index contributed by atoms with van der Waals surface area (Å²) in [7, 11) is -3.38. The molecule has 0 aromatic heterocycles. The van der Waals surface area contributed by atoms with E-state index in [0.717, 1.165) is 12.8 Å². The van der Waals surface area contributed by atoms with Gasteiger partial charge in [-0.15, -0.1) is 0 Å². The Bertz CT molecular complexity index is 395. The van der Waals surface area contributed by atoms with Crippen LogP contribution in [0.15, 0.2) is 0 Å². The zero-order chi connectivity index (χ0) is 12.1. The summed E-state index contributed by atoms with van der Waals surface area (Å²) < 4.78 is 32.3. The average molecular weight is 262 g/mol. The third-order valence-electron chi connectivity index (χ3n) is 3.86. The first kappa shape index (κ1) is 11.9. The predicted octanol–water partition coefficient (Wildman–Crippen LogP) is -0.980. The molecule has 3 aliphatic rings. The fraction of sp³-hybridized carbons (Fsp3) is 1.00. The number of ether oxygens (including phenoxy) is 1. The smallest absolute Gasteiger partial charge is 0.282 e. The van der Waals surface area contributed by atoms with E-state index in [-0.39, 0.29) is 13.1 Å². The van der Waals surface area contributed by atoms with Crippen molar-refractivity contribution in [1.82, 2.24) is 8.61 Å². The lowest BCUT2D eigenvalue weighted by atomic mass is 9.91. The van der Waals surface area contributed by atoms with E-state index in [1.54, 1.807) is 0 Å². The first-order valence-corrected chi connectivity index (χ1v) is 7.47. The molecule has 0 radical (unpaired) electrons. The van der Waals surface area contributed by atoms with Crippen LogP contribution >= 0.6 is 0 Å². The molecule has 2 saturated heterocycles. The van der Waals surface area contributed by atoms with Gasteiger partial charge >= 0.3 is 0 Å². The number of morpholine rings is 1. The summed E-state index contributed by atoms with van der Waals surface area (Å²) in [5.41, 5.74) is -0.751. The van der Waals surface area contributed by atoms with Gasteiger partial charge < -0.3 is 9.84 Å². The lowest BCUT2D eigenvalue weighted by Crippen LogP contribution is -2.67. The van der Waals surface area contributed by atoms with Gasteiger partial charge in [0.1, 0.15) is 0 Å². The maximum atomic E-state index is 12.2. The maximum Gasteiger partial charge on any atom is 0.282 e. The summed E-state index contributed by atoms with van der Waals surface area (Å²) in [6, 6.07) is 0. The van der Waals surface area contributed by atoms with Crippen LogP contribution in [0.3, 0.4) is 0 Å². The SMILES string of the molecule is O=S(=O)(N1CCOCC1)N1CC(O)(C2CC2)C1. The molecule has 6 nitrogen and oxygen atoms in total. The number of rotatable bonds is 3. The van der Waals surface area contributed by atoms with Crippen LogP contribution < -0.4 is 0 Å². The second-order valence-electron chi connectivity index (χ2n) is 5.17. The molecule has 0 amide bonds. The van der Waals surface area contributed by atoms with Crippen molar-refractivity contribution >= 4 is 10.2 Å². The zero-order valence-electron chi connectivity index (χ0n) is 9.71. The standard InChI is InChI=1S/C10H18N2O4S/c13-10(9-1-2-9)7-12(8-10)17(14,15)11-3-5-16-6-4-11/h9,13H,1-8H2. The normalized spacial score (nSPS) is 31.1. The molecule has 7 heteroatoms. The summed E-state index contributed by atoms with van der Waals surface area (Å²) in [5, 5.41) is 10.1. The first-order valence-electron chi connectivity index (χ1n) is 6.08. The highest BCUT2D eigenvalue weighted by Crippen LogP contribution is 2.45. The molecule has 0 spiro atoms. The third-order valence-corrected chi connectivity index (χ3v) is 5.79. The van der Waals surface area contributed by atoms with Gasteiger partial charge in [-0.1, -0.05) is 0 Å². The van der Waals surface area contributed by atoms with Gasteiger partial charge in [-0.05, 0) is 18.8 Å². The number of hydrogen-bond donors (Lipinski definition) is 1. The van der Waals surface area contributed by atoms with Crippen molar-refractivity contribution in [3.63, 3.8) is 0 Å². The van der Waals surface area contributed by atoms with Crippen LogP contribution in [0, 0.1) is 5.92 Å². The Morgan fingerprint density at radius 1 is 1.12 bits per heavy atom. The molecular weight excluding hydrogens is 244 g/mol. The largest absolute Gasteiger partial charge is 0.387 e. The minimum atomic E-state index is -3.38. The van der Waals surface area contributed by atoms with E-state index in [4.69, 9.17) is 4.74 Å². The van der Waals surface area contributed by atoms with Gasteiger partial charge in [-0.3, -0.25) is 0 Å². The minimum Gasteiger partial charge on any atom is -0.387 e. The molecule has 0 unspecified atom stereocenters. The molecule has 3 fully saturated rings. The van der Waals surface area contributed by atoms with E-state index in [0.29, 0.717) is 32.2 Å². The van der Waals surface area contributed by atoms with Crippen LogP contribution in [-0.2, 0) is 14.9 Å². The van der Waals surface area contributed by atoms with E-state index in [1.807, 2.05) is 0 Å². The van der Waals surface area contributed by atoms with Gasteiger partial charge in [0.25, 0.3) is 10.2 Å². The Morgan fingerprint density at radius 2 is 1.71 bits per heavy atom. The molecule has 98 valence electrons. The topological polar surface area (TPSA) is 70.1 Å². The van der Waals surface area contributed by atoms with E-state index >= 15 is 0 Å². The van der Waals surface area contributed by atoms with Crippen LogP contribution in [0.25, 0.3) is 0 Å². The highest BCUT2D eigenvalue weighted by molar-refractivity contribution is 7.86. The lowest BCUT2D eigenvalue weighted by molar-refractivity contribution is -0.0793. The third kappa shape index (κ3) is 2.00. The van der Waals surface area contributed by atoms with Gasteiger partial charge in [-0.2, -0.15) is 17.0 Å². The summed E-state index contributed by atoms with van der Waals surface area (Å²) >= 11 is 0. The van der Waals surface area contributed by atoms with Gasteiger partial charge in [0.15, 0.2) is 0 Å². The van der Waals surface area contributed by atoms with E-state index in [9.17, 15) is 13.5 Å². The summed E-state index contributed by atoms with van der Waals surface area (Å²) in [5.74, 6) is 0.318. The molecule has 0 bridgehead atoms. The van der Waals surface area contributed by atoms with Crippen LogP contribution in [0.4, 0.5) is 0 Å².